The molecule has 2 fully saturated rings. The fraction of sp³-hybridized carbons (Fsp3) is 0.500. The predicted molar refractivity (Wildman–Crippen MR) is 103 cm³/mol. The minimum absolute atomic E-state index is 0.00844. The molecule has 12 nitrogen and oxygen atoms in total. The number of hydrogen-bond acceptors (Lipinski definition) is 9. The van der Waals surface area contributed by atoms with Crippen molar-refractivity contribution in [1.29, 1.82) is 0 Å². The smallest absolute Gasteiger partial charge is 0.427 e. The Morgan fingerprint density at radius 3 is 2.69 bits per heavy atom. The molecule has 0 spiro atoms. The molecule has 0 aromatic rings. The fourth-order valence-electron chi connectivity index (χ4n) is 2.75. The van der Waals surface area contributed by atoms with Crippen molar-refractivity contribution in [2.45, 2.75) is 31.3 Å². The van der Waals surface area contributed by atoms with E-state index in [0.717, 1.165) is 0 Å². The number of carboxylic acids is 1. The Bertz CT molecular complexity index is 797. The molecule has 2 unspecified atom stereocenters. The van der Waals surface area contributed by atoms with E-state index in [1.165, 1.54) is 30.7 Å². The third-order valence-corrected chi connectivity index (χ3v) is 5.41. The molecular formula is C16H21N5O7S. The van der Waals surface area contributed by atoms with Gasteiger partial charge in [0.2, 0.25) is 5.91 Å². The van der Waals surface area contributed by atoms with Gasteiger partial charge in [0.15, 0.2) is 11.8 Å². The molecule has 158 valence electrons. The number of hydrazone groups is 1. The van der Waals surface area contributed by atoms with Gasteiger partial charge in [-0.15, -0.1) is 11.8 Å². The van der Waals surface area contributed by atoms with Crippen molar-refractivity contribution >= 4 is 47.1 Å². The number of carbonyl (C=O) groups excluding carboxylic acids is 3. The van der Waals surface area contributed by atoms with Gasteiger partial charge in [0.05, 0.1) is 12.3 Å². The van der Waals surface area contributed by atoms with Crippen molar-refractivity contribution < 1.29 is 33.9 Å². The lowest BCUT2D eigenvalue weighted by Gasteiger charge is -2.52. The number of carboxylic acid groups (broad SMARTS) is 1. The van der Waals surface area contributed by atoms with Gasteiger partial charge >= 0.3 is 12.1 Å². The first-order valence-corrected chi connectivity index (χ1v) is 9.51. The average molecular weight is 427 g/mol. The van der Waals surface area contributed by atoms with E-state index in [9.17, 15) is 24.3 Å². The van der Waals surface area contributed by atoms with Crippen LogP contribution in [-0.2, 0) is 24.0 Å². The maximum absolute atomic E-state index is 12.6. The van der Waals surface area contributed by atoms with E-state index < -0.39 is 41.3 Å². The highest BCUT2D eigenvalue weighted by Gasteiger charge is 2.56. The topological polar surface area (TPSA) is 159 Å². The predicted octanol–water partition coefficient (Wildman–Crippen LogP) is -0.480. The van der Waals surface area contributed by atoms with Crippen LogP contribution in [0.4, 0.5) is 4.79 Å². The van der Waals surface area contributed by atoms with Crippen LogP contribution in [0, 0.1) is 0 Å². The number of thioether (sulfide) groups is 1. The molecule has 13 heteroatoms. The third kappa shape index (κ3) is 4.67. The van der Waals surface area contributed by atoms with Crippen molar-refractivity contribution in [3.63, 3.8) is 0 Å². The summed E-state index contributed by atoms with van der Waals surface area (Å²) >= 11 is 1.30. The zero-order valence-electron chi connectivity index (χ0n) is 16.0. The quantitative estimate of drug-likeness (QED) is 0.213. The summed E-state index contributed by atoms with van der Waals surface area (Å²) in [6.07, 6.45) is -0.813. The summed E-state index contributed by atoms with van der Waals surface area (Å²) < 4.78 is 4.66. The molecule has 2 rings (SSSR count). The van der Waals surface area contributed by atoms with Crippen molar-refractivity contribution in [3.05, 3.63) is 12.2 Å². The second kappa shape index (κ2) is 9.41. The van der Waals surface area contributed by atoms with Gasteiger partial charge < -0.3 is 24.9 Å². The number of nitrogens with one attached hydrogen (secondary N) is 2. The van der Waals surface area contributed by atoms with Gasteiger partial charge in [-0.1, -0.05) is 11.7 Å². The second-order valence-electron chi connectivity index (χ2n) is 5.95. The Labute approximate surface area is 170 Å². The van der Waals surface area contributed by atoms with Crippen LogP contribution in [0.25, 0.3) is 0 Å². The number of nitrogens with zero attached hydrogens (tertiary/aromatic N) is 3. The molecule has 3 amide bonds. The Morgan fingerprint density at radius 2 is 2.10 bits per heavy atom. The summed E-state index contributed by atoms with van der Waals surface area (Å²) in [5.74, 6) is -2.14. The second-order valence-corrected chi connectivity index (χ2v) is 7.05. The Hall–Kier alpha value is -3.09. The lowest BCUT2D eigenvalue weighted by Crippen LogP contribution is -2.75. The summed E-state index contributed by atoms with van der Waals surface area (Å²) in [6, 6.07) is -2.05. The summed E-state index contributed by atoms with van der Waals surface area (Å²) in [4.78, 5) is 53.6. The maximum Gasteiger partial charge on any atom is 0.427 e. The van der Waals surface area contributed by atoms with Gasteiger partial charge in [0, 0.05) is 5.75 Å². The zero-order chi connectivity index (χ0) is 21.7. The number of amides is 3. The van der Waals surface area contributed by atoms with Crippen LogP contribution in [0.5, 0.6) is 0 Å². The molecule has 2 heterocycles. The van der Waals surface area contributed by atoms with Crippen molar-refractivity contribution in [2.75, 3.05) is 19.5 Å². The largest absolute Gasteiger partial charge is 0.479 e. The van der Waals surface area contributed by atoms with Gasteiger partial charge in [-0.25, -0.2) is 15.0 Å². The monoisotopic (exact) mass is 427 g/mol. The number of carbonyl (C=O) groups is 4. The van der Waals surface area contributed by atoms with Crippen LogP contribution in [0.1, 0.15) is 13.8 Å². The third-order valence-electron chi connectivity index (χ3n) is 4.04. The highest BCUT2D eigenvalue weighted by Crippen LogP contribution is 2.39. The van der Waals surface area contributed by atoms with Crippen LogP contribution < -0.4 is 10.7 Å². The van der Waals surface area contributed by atoms with Gasteiger partial charge in [0.1, 0.15) is 18.5 Å². The van der Waals surface area contributed by atoms with Crippen LogP contribution >= 0.6 is 11.8 Å². The molecule has 0 aliphatic carbocycles. The Balaban J connectivity index is 2.09. The number of fused-ring (bicyclic) bond motifs is 1. The maximum atomic E-state index is 12.6. The van der Waals surface area contributed by atoms with Crippen molar-refractivity contribution in [1.82, 2.24) is 15.6 Å². The summed E-state index contributed by atoms with van der Waals surface area (Å²) in [5, 5.41) is 18.6. The van der Waals surface area contributed by atoms with Gasteiger partial charge in [-0.05, 0) is 19.4 Å². The summed E-state index contributed by atoms with van der Waals surface area (Å²) in [5.41, 5.74) is 2.24. The van der Waals surface area contributed by atoms with Crippen molar-refractivity contribution in [3.8, 4) is 0 Å². The van der Waals surface area contributed by atoms with Gasteiger partial charge in [-0.2, -0.15) is 5.10 Å². The SMILES string of the molecule is C=C1CS[C@H]2C(NC(=O)C(=NOC)C(C)=NNC(=O)OCC)C(=O)N2C1C(=O)O. The molecule has 2 saturated heterocycles. The molecule has 2 aliphatic heterocycles. The molecule has 0 aromatic carbocycles. The van der Waals surface area contributed by atoms with Crippen LogP contribution in [0.15, 0.2) is 22.4 Å². The normalized spacial score (nSPS) is 24.2. The molecule has 0 aromatic heterocycles. The van der Waals surface area contributed by atoms with Crippen LogP contribution in [-0.4, -0.2) is 82.2 Å². The Kier molecular flexibility index (Phi) is 7.20. The number of aliphatic carboxylic acids is 1. The van der Waals surface area contributed by atoms with Gasteiger partial charge in [0.25, 0.3) is 5.91 Å². The minimum Gasteiger partial charge on any atom is -0.479 e. The van der Waals surface area contributed by atoms with E-state index in [1.54, 1.807) is 6.92 Å². The molecule has 0 radical (unpaired) electrons. The molecule has 3 atom stereocenters. The number of ether oxygens (including phenoxy) is 1. The van der Waals surface area contributed by atoms with Gasteiger partial charge in [-0.3, -0.25) is 9.59 Å². The summed E-state index contributed by atoms with van der Waals surface area (Å²) in [7, 11) is 1.22. The van der Waals surface area contributed by atoms with E-state index in [0.29, 0.717) is 11.3 Å². The first kappa shape index (κ1) is 22.2. The van der Waals surface area contributed by atoms with Crippen molar-refractivity contribution in [2.24, 2.45) is 10.3 Å². The number of oxime groups is 1. The van der Waals surface area contributed by atoms with E-state index in [-0.39, 0.29) is 18.0 Å². The fourth-order valence-corrected chi connectivity index (χ4v) is 4.06. The lowest BCUT2D eigenvalue weighted by molar-refractivity contribution is -0.159. The van der Waals surface area contributed by atoms with E-state index in [1.807, 2.05) is 0 Å². The molecule has 29 heavy (non-hydrogen) atoms. The standard InChI is InChI=1S/C16H21N5O7S/c1-5-28-16(26)19-18-8(3)9(20-27-4)12(22)17-10-13(23)21-11(15(24)25)7(2)6-29-14(10)21/h10-11,14H,2,5-6H2,1,3-4H3,(H,17,22)(H,19,26)(H,24,25)/t10?,11?,14-/m0/s1. The first-order chi connectivity index (χ1) is 13.7. The molecular weight excluding hydrogens is 406 g/mol. The lowest BCUT2D eigenvalue weighted by atomic mass is 9.98. The first-order valence-electron chi connectivity index (χ1n) is 8.46. The zero-order valence-corrected chi connectivity index (χ0v) is 16.8. The molecule has 2 aliphatic rings. The van der Waals surface area contributed by atoms with E-state index >= 15 is 0 Å². The number of β-lactam (4-membered cyclic amide) rings is 1. The highest BCUT2D eigenvalue weighted by molar-refractivity contribution is 8.00. The van der Waals surface area contributed by atoms with E-state index in [4.69, 9.17) is 0 Å². The minimum atomic E-state index is -1.17. The van der Waals surface area contributed by atoms with Crippen LogP contribution in [0.2, 0.25) is 0 Å². The van der Waals surface area contributed by atoms with E-state index in [2.05, 4.69) is 37.2 Å². The molecule has 3 N–H and O–H groups in total. The average Bonchev–Trinajstić information content (AvgIpc) is 2.67. The Morgan fingerprint density at radius 1 is 1.41 bits per heavy atom. The number of rotatable bonds is 7. The highest BCUT2D eigenvalue weighted by atomic mass is 32.2. The number of hydrogen-bond donors (Lipinski definition) is 3. The molecule has 0 saturated carbocycles. The summed E-state index contributed by atoms with van der Waals surface area (Å²) in [6.45, 7) is 6.86. The van der Waals surface area contributed by atoms with Crippen LogP contribution in [0.3, 0.4) is 0 Å². The molecule has 0 bridgehead atoms.